The fraction of sp³-hybridized carbons (Fsp3) is 0.292. The Morgan fingerprint density at radius 1 is 1.09 bits per heavy atom. The second kappa shape index (κ2) is 8.82. The summed E-state index contributed by atoms with van der Waals surface area (Å²) in [7, 11) is 0. The SMILES string of the molecule is Cc1cccc(OCC(=O)N2CCN(c3nc4c(s3)c(C)nn4-c3ccc(F)cc3)CC2)c1. The first-order valence-corrected chi connectivity index (χ1v) is 11.6. The molecule has 1 aliphatic heterocycles. The third-order valence-electron chi connectivity index (χ3n) is 5.70. The minimum Gasteiger partial charge on any atom is -0.484 e. The third kappa shape index (κ3) is 4.41. The van der Waals surface area contributed by atoms with E-state index in [0.717, 1.165) is 32.4 Å². The maximum atomic E-state index is 13.3. The van der Waals surface area contributed by atoms with Gasteiger partial charge in [0.15, 0.2) is 17.4 Å². The first-order chi connectivity index (χ1) is 16.0. The summed E-state index contributed by atoms with van der Waals surface area (Å²) >= 11 is 1.60. The van der Waals surface area contributed by atoms with Crippen LogP contribution in [0.3, 0.4) is 0 Å². The summed E-state index contributed by atoms with van der Waals surface area (Å²) in [5.41, 5.74) is 3.53. The Morgan fingerprint density at radius 2 is 1.85 bits per heavy atom. The van der Waals surface area contributed by atoms with Crippen molar-refractivity contribution in [2.24, 2.45) is 0 Å². The summed E-state index contributed by atoms with van der Waals surface area (Å²) in [6.07, 6.45) is 0. The van der Waals surface area contributed by atoms with Crippen LogP contribution in [-0.4, -0.2) is 58.4 Å². The van der Waals surface area contributed by atoms with Crippen LogP contribution < -0.4 is 9.64 Å². The van der Waals surface area contributed by atoms with Gasteiger partial charge in [0.1, 0.15) is 11.6 Å². The lowest BCUT2D eigenvalue weighted by Gasteiger charge is -2.34. The summed E-state index contributed by atoms with van der Waals surface area (Å²) in [6.45, 7) is 6.63. The Labute approximate surface area is 195 Å². The Balaban J connectivity index is 1.24. The van der Waals surface area contributed by atoms with Gasteiger partial charge in [-0.3, -0.25) is 4.79 Å². The minimum atomic E-state index is -0.283. The molecule has 33 heavy (non-hydrogen) atoms. The molecule has 3 heterocycles. The summed E-state index contributed by atoms with van der Waals surface area (Å²) in [4.78, 5) is 21.5. The highest BCUT2D eigenvalue weighted by molar-refractivity contribution is 7.22. The van der Waals surface area contributed by atoms with Crippen molar-refractivity contribution < 1.29 is 13.9 Å². The number of thiazole rings is 1. The number of piperazine rings is 1. The number of halogens is 1. The summed E-state index contributed by atoms with van der Waals surface area (Å²) in [5.74, 6) is 0.417. The van der Waals surface area contributed by atoms with Crippen LogP contribution in [0.5, 0.6) is 5.75 Å². The lowest BCUT2D eigenvalue weighted by molar-refractivity contribution is -0.133. The standard InChI is InChI=1S/C24H24FN5O2S/c1-16-4-3-5-20(14-16)32-15-21(31)28-10-12-29(13-11-28)24-26-23-22(33-24)17(2)27-30(23)19-8-6-18(25)7-9-19/h3-9,14H,10-13,15H2,1-2H3. The second-order valence-corrected chi connectivity index (χ2v) is 9.07. The third-order valence-corrected chi connectivity index (χ3v) is 6.92. The smallest absolute Gasteiger partial charge is 0.260 e. The van der Waals surface area contributed by atoms with E-state index in [2.05, 4.69) is 10.00 Å². The van der Waals surface area contributed by atoms with E-state index in [4.69, 9.17) is 9.72 Å². The van der Waals surface area contributed by atoms with Gasteiger partial charge in [-0.05, 0) is 55.8 Å². The van der Waals surface area contributed by atoms with Crippen LogP contribution in [0, 0.1) is 19.7 Å². The first-order valence-electron chi connectivity index (χ1n) is 10.8. The Morgan fingerprint density at radius 3 is 2.58 bits per heavy atom. The van der Waals surface area contributed by atoms with E-state index < -0.39 is 0 Å². The van der Waals surface area contributed by atoms with Crippen LogP contribution >= 0.6 is 11.3 Å². The van der Waals surface area contributed by atoms with Gasteiger partial charge < -0.3 is 14.5 Å². The molecule has 0 unspecified atom stereocenters. The van der Waals surface area contributed by atoms with Crippen molar-refractivity contribution in [1.29, 1.82) is 0 Å². The van der Waals surface area contributed by atoms with Gasteiger partial charge >= 0.3 is 0 Å². The molecular weight excluding hydrogens is 441 g/mol. The summed E-state index contributed by atoms with van der Waals surface area (Å²) < 4.78 is 21.8. The Bertz CT molecular complexity index is 1290. The summed E-state index contributed by atoms with van der Waals surface area (Å²) in [6, 6.07) is 13.9. The number of anilines is 1. The molecule has 0 aliphatic carbocycles. The van der Waals surface area contributed by atoms with Gasteiger partial charge in [-0.2, -0.15) is 10.1 Å². The first kappa shape index (κ1) is 21.4. The molecule has 7 nitrogen and oxygen atoms in total. The zero-order chi connectivity index (χ0) is 22.9. The number of amides is 1. The van der Waals surface area contributed by atoms with Gasteiger partial charge in [0.25, 0.3) is 5.91 Å². The average Bonchev–Trinajstić information content (AvgIpc) is 3.39. The zero-order valence-electron chi connectivity index (χ0n) is 18.5. The summed E-state index contributed by atoms with van der Waals surface area (Å²) in [5, 5.41) is 5.49. The van der Waals surface area contributed by atoms with Gasteiger partial charge in [-0.1, -0.05) is 23.5 Å². The Hall–Kier alpha value is -3.46. The van der Waals surface area contributed by atoms with Crippen molar-refractivity contribution in [2.45, 2.75) is 13.8 Å². The minimum absolute atomic E-state index is 0.0109. The van der Waals surface area contributed by atoms with E-state index in [1.807, 2.05) is 43.0 Å². The van der Waals surface area contributed by atoms with Crippen LogP contribution in [0.4, 0.5) is 9.52 Å². The molecule has 0 saturated carbocycles. The van der Waals surface area contributed by atoms with Crippen LogP contribution in [-0.2, 0) is 4.79 Å². The van der Waals surface area contributed by atoms with E-state index in [1.165, 1.54) is 12.1 Å². The van der Waals surface area contributed by atoms with Crippen LogP contribution in [0.2, 0.25) is 0 Å². The topological polar surface area (TPSA) is 63.5 Å². The maximum Gasteiger partial charge on any atom is 0.260 e. The molecule has 0 N–H and O–H groups in total. The van der Waals surface area contributed by atoms with Crippen molar-refractivity contribution in [3.8, 4) is 11.4 Å². The number of rotatable bonds is 5. The number of nitrogens with zero attached hydrogens (tertiary/aromatic N) is 5. The van der Waals surface area contributed by atoms with Gasteiger partial charge in [0.2, 0.25) is 0 Å². The Kier molecular flexibility index (Phi) is 5.72. The number of fused-ring (bicyclic) bond motifs is 1. The molecule has 2 aromatic carbocycles. The molecule has 0 spiro atoms. The van der Waals surface area contributed by atoms with Crippen LogP contribution in [0.15, 0.2) is 48.5 Å². The van der Waals surface area contributed by atoms with Crippen LogP contribution in [0.1, 0.15) is 11.3 Å². The number of carbonyl (C=O) groups excluding carboxylic acids is 1. The highest BCUT2D eigenvalue weighted by Gasteiger charge is 2.25. The van der Waals surface area contributed by atoms with E-state index in [-0.39, 0.29) is 18.3 Å². The highest BCUT2D eigenvalue weighted by Crippen LogP contribution is 2.33. The number of aromatic nitrogens is 3. The lowest BCUT2D eigenvalue weighted by Crippen LogP contribution is -2.50. The molecule has 1 amide bonds. The predicted octanol–water partition coefficient (Wildman–Crippen LogP) is 3.97. The number of aryl methyl sites for hydroxylation is 2. The van der Waals surface area contributed by atoms with E-state index in [1.54, 1.807) is 28.2 Å². The molecule has 0 radical (unpaired) electrons. The fourth-order valence-corrected chi connectivity index (χ4v) is 4.95. The number of hydrogen-bond acceptors (Lipinski definition) is 6. The average molecular weight is 466 g/mol. The normalized spacial score (nSPS) is 14.2. The fourth-order valence-electron chi connectivity index (χ4n) is 3.91. The molecule has 1 fully saturated rings. The van der Waals surface area contributed by atoms with Crippen molar-refractivity contribution in [3.63, 3.8) is 0 Å². The quantitative estimate of drug-likeness (QED) is 0.446. The molecule has 0 bridgehead atoms. The number of hydrogen-bond donors (Lipinski definition) is 0. The molecule has 4 aromatic rings. The molecule has 5 rings (SSSR count). The molecule has 0 atom stereocenters. The van der Waals surface area contributed by atoms with E-state index >= 15 is 0 Å². The van der Waals surface area contributed by atoms with Gasteiger partial charge in [-0.25, -0.2) is 9.07 Å². The number of ether oxygens (including phenoxy) is 1. The van der Waals surface area contributed by atoms with Gasteiger partial charge in [-0.15, -0.1) is 0 Å². The predicted molar refractivity (Wildman–Crippen MR) is 127 cm³/mol. The number of benzene rings is 2. The van der Waals surface area contributed by atoms with E-state index in [0.29, 0.717) is 31.9 Å². The number of carbonyl (C=O) groups is 1. The molecule has 9 heteroatoms. The molecule has 1 saturated heterocycles. The van der Waals surface area contributed by atoms with Crippen molar-refractivity contribution in [3.05, 3.63) is 65.6 Å². The van der Waals surface area contributed by atoms with Crippen molar-refractivity contribution in [1.82, 2.24) is 19.7 Å². The monoisotopic (exact) mass is 465 g/mol. The van der Waals surface area contributed by atoms with Gasteiger partial charge in [0.05, 0.1) is 16.1 Å². The molecule has 1 aliphatic rings. The molecule has 170 valence electrons. The largest absolute Gasteiger partial charge is 0.484 e. The second-order valence-electron chi connectivity index (χ2n) is 8.10. The zero-order valence-corrected chi connectivity index (χ0v) is 19.3. The van der Waals surface area contributed by atoms with E-state index in [9.17, 15) is 9.18 Å². The molecule has 2 aromatic heterocycles. The maximum absolute atomic E-state index is 13.3. The van der Waals surface area contributed by atoms with Crippen molar-refractivity contribution >= 4 is 32.7 Å². The molecular formula is C24H24FN5O2S. The van der Waals surface area contributed by atoms with Crippen molar-refractivity contribution in [2.75, 3.05) is 37.7 Å². The van der Waals surface area contributed by atoms with Crippen LogP contribution in [0.25, 0.3) is 16.0 Å². The highest BCUT2D eigenvalue weighted by atomic mass is 32.1. The lowest BCUT2D eigenvalue weighted by atomic mass is 10.2. The van der Waals surface area contributed by atoms with Gasteiger partial charge in [0, 0.05) is 26.2 Å².